The van der Waals surface area contributed by atoms with Crippen LogP contribution in [0.15, 0.2) is 18.2 Å². The molecule has 1 unspecified atom stereocenters. The molecular weight excluding hydrogens is 226 g/mol. The van der Waals surface area contributed by atoms with Gasteiger partial charge in [0.05, 0.1) is 0 Å². The summed E-state index contributed by atoms with van der Waals surface area (Å²) in [7, 11) is 0. The second-order valence-corrected chi connectivity index (χ2v) is 4.26. The molecule has 3 nitrogen and oxygen atoms in total. The molecule has 0 radical (unpaired) electrons. The molecule has 1 aliphatic rings. The van der Waals surface area contributed by atoms with E-state index < -0.39 is 0 Å². The summed E-state index contributed by atoms with van der Waals surface area (Å²) in [6, 6.07) is 6.40. The van der Waals surface area contributed by atoms with Crippen LogP contribution in [0.4, 0.5) is 0 Å². The Bertz CT molecular complexity index is 459. The van der Waals surface area contributed by atoms with Gasteiger partial charge in [-0.15, -0.1) is 11.8 Å². The number of hydrogen-bond donors (Lipinski definition) is 1. The number of fused-ring (bicyclic) bond motifs is 1. The maximum Gasteiger partial charge on any atom is 0.161 e. The lowest BCUT2D eigenvalue weighted by Crippen LogP contribution is -2.20. The number of ether oxygens (including phenoxy) is 2. The second kappa shape index (κ2) is 6.32. The van der Waals surface area contributed by atoms with E-state index in [1.165, 1.54) is 5.56 Å². The average Bonchev–Trinajstić information content (AvgIpc) is 2.43. The van der Waals surface area contributed by atoms with Gasteiger partial charge in [0, 0.05) is 19.0 Å². The first-order valence-electron chi connectivity index (χ1n) is 6.34. The van der Waals surface area contributed by atoms with Gasteiger partial charge in [0.2, 0.25) is 0 Å². The quantitative estimate of drug-likeness (QED) is 0.653. The normalized spacial score (nSPS) is 14.6. The van der Waals surface area contributed by atoms with Gasteiger partial charge in [-0.1, -0.05) is 6.07 Å². The van der Waals surface area contributed by atoms with Crippen molar-refractivity contribution in [3.8, 4) is 23.3 Å². The van der Waals surface area contributed by atoms with E-state index in [0.29, 0.717) is 19.3 Å². The minimum absolute atomic E-state index is 0.291. The lowest BCUT2D eigenvalue weighted by atomic mass is 10.1. The summed E-state index contributed by atoms with van der Waals surface area (Å²) in [5.41, 5.74) is 1.21. The van der Waals surface area contributed by atoms with Gasteiger partial charge in [-0.25, -0.2) is 0 Å². The van der Waals surface area contributed by atoms with E-state index in [1.54, 1.807) is 0 Å². The molecule has 18 heavy (non-hydrogen) atoms. The topological polar surface area (TPSA) is 30.5 Å². The lowest BCUT2D eigenvalue weighted by molar-refractivity contribution is 0.171. The van der Waals surface area contributed by atoms with E-state index in [-0.39, 0.29) is 0 Å². The van der Waals surface area contributed by atoms with Crippen molar-refractivity contribution in [1.29, 1.82) is 0 Å². The summed E-state index contributed by atoms with van der Waals surface area (Å²) in [5.74, 6) is 7.63. The molecule has 1 atom stereocenters. The highest BCUT2D eigenvalue weighted by Gasteiger charge is 2.13. The molecule has 96 valence electrons. The summed E-state index contributed by atoms with van der Waals surface area (Å²) in [6.45, 7) is 6.17. The van der Waals surface area contributed by atoms with Crippen molar-refractivity contribution >= 4 is 0 Å². The van der Waals surface area contributed by atoms with Crippen molar-refractivity contribution in [3.05, 3.63) is 23.8 Å². The first-order valence-corrected chi connectivity index (χ1v) is 6.34. The van der Waals surface area contributed by atoms with Crippen LogP contribution in [0, 0.1) is 11.8 Å². The highest BCUT2D eigenvalue weighted by Crippen LogP contribution is 2.32. The Hall–Kier alpha value is -1.66. The van der Waals surface area contributed by atoms with Crippen molar-refractivity contribution in [2.45, 2.75) is 26.3 Å². The Kier molecular flexibility index (Phi) is 4.49. The Morgan fingerprint density at radius 1 is 1.28 bits per heavy atom. The summed E-state index contributed by atoms with van der Waals surface area (Å²) in [5, 5.41) is 3.44. The number of rotatable bonds is 4. The van der Waals surface area contributed by atoms with Crippen LogP contribution in [0.2, 0.25) is 0 Å². The molecule has 0 bridgehead atoms. The van der Waals surface area contributed by atoms with Crippen molar-refractivity contribution < 1.29 is 9.47 Å². The van der Waals surface area contributed by atoms with Crippen LogP contribution < -0.4 is 14.8 Å². The fourth-order valence-corrected chi connectivity index (χ4v) is 1.92. The Morgan fingerprint density at radius 3 is 2.83 bits per heavy atom. The van der Waals surface area contributed by atoms with Crippen molar-refractivity contribution in [1.82, 2.24) is 5.32 Å². The molecule has 1 heterocycles. The summed E-state index contributed by atoms with van der Waals surface area (Å²) < 4.78 is 11.1. The minimum Gasteiger partial charge on any atom is -0.486 e. The van der Waals surface area contributed by atoms with E-state index in [1.807, 2.05) is 13.0 Å². The molecule has 0 saturated heterocycles. The predicted molar refractivity (Wildman–Crippen MR) is 71.9 cm³/mol. The largest absolute Gasteiger partial charge is 0.486 e. The lowest BCUT2D eigenvalue weighted by Gasteiger charge is -2.21. The fraction of sp³-hybridized carbons (Fsp3) is 0.467. The van der Waals surface area contributed by atoms with Crippen molar-refractivity contribution in [3.63, 3.8) is 0 Å². The van der Waals surface area contributed by atoms with Crippen molar-refractivity contribution in [2.24, 2.45) is 0 Å². The van der Waals surface area contributed by atoms with Gasteiger partial charge in [-0.2, -0.15) is 0 Å². The third-order valence-electron chi connectivity index (χ3n) is 2.94. The number of hydrogen-bond acceptors (Lipinski definition) is 3. The summed E-state index contributed by atoms with van der Waals surface area (Å²) in [6.07, 6.45) is 0.880. The Morgan fingerprint density at radius 2 is 2.06 bits per heavy atom. The highest BCUT2D eigenvalue weighted by atomic mass is 16.6. The molecule has 3 heteroatoms. The molecule has 0 aromatic heterocycles. The summed E-state index contributed by atoms with van der Waals surface area (Å²) >= 11 is 0. The summed E-state index contributed by atoms with van der Waals surface area (Å²) in [4.78, 5) is 0. The van der Waals surface area contributed by atoms with Gasteiger partial charge >= 0.3 is 0 Å². The molecule has 0 aliphatic carbocycles. The maximum atomic E-state index is 5.58. The van der Waals surface area contributed by atoms with Gasteiger partial charge in [0.25, 0.3) is 0 Å². The van der Waals surface area contributed by atoms with Gasteiger partial charge in [0.15, 0.2) is 11.5 Å². The zero-order valence-electron chi connectivity index (χ0n) is 11.0. The first-order chi connectivity index (χ1) is 8.81. The van der Waals surface area contributed by atoms with Gasteiger partial charge in [-0.05, 0) is 31.5 Å². The van der Waals surface area contributed by atoms with Crippen LogP contribution >= 0.6 is 0 Å². The van der Waals surface area contributed by atoms with Gasteiger partial charge < -0.3 is 14.8 Å². The molecule has 0 saturated carbocycles. The number of benzene rings is 1. The SMILES string of the molecule is CC#CCCNC(C)c1ccc2c(c1)OCCO2. The fourth-order valence-electron chi connectivity index (χ4n) is 1.92. The van der Waals surface area contributed by atoms with E-state index in [0.717, 1.165) is 24.5 Å². The van der Waals surface area contributed by atoms with Crippen LogP contribution in [0.3, 0.4) is 0 Å². The molecule has 1 aromatic carbocycles. The van der Waals surface area contributed by atoms with E-state index in [2.05, 4.69) is 36.2 Å². The van der Waals surface area contributed by atoms with Crippen LogP contribution in [0.5, 0.6) is 11.5 Å². The molecule has 0 fully saturated rings. The molecule has 1 aromatic rings. The van der Waals surface area contributed by atoms with Crippen LogP contribution in [-0.2, 0) is 0 Å². The molecule has 1 N–H and O–H groups in total. The number of nitrogens with one attached hydrogen (secondary N) is 1. The zero-order valence-corrected chi connectivity index (χ0v) is 11.0. The average molecular weight is 245 g/mol. The maximum absolute atomic E-state index is 5.58. The van der Waals surface area contributed by atoms with Crippen LogP contribution in [0.1, 0.15) is 31.9 Å². The van der Waals surface area contributed by atoms with E-state index in [4.69, 9.17) is 9.47 Å². The Labute approximate surface area is 108 Å². The smallest absolute Gasteiger partial charge is 0.161 e. The second-order valence-electron chi connectivity index (χ2n) is 4.26. The zero-order chi connectivity index (χ0) is 12.8. The molecular formula is C15H19NO2. The first kappa shape index (κ1) is 12.8. The van der Waals surface area contributed by atoms with E-state index >= 15 is 0 Å². The third kappa shape index (κ3) is 3.18. The minimum atomic E-state index is 0.291. The predicted octanol–water partition coefficient (Wildman–Crippen LogP) is 2.52. The van der Waals surface area contributed by atoms with Crippen molar-refractivity contribution in [2.75, 3.05) is 19.8 Å². The standard InChI is InChI=1S/C15H19NO2/c1-3-4-5-8-16-12(2)13-6-7-14-15(11-13)18-10-9-17-14/h6-7,11-12,16H,5,8-10H2,1-2H3. The Balaban J connectivity index is 1.96. The van der Waals surface area contributed by atoms with Crippen LogP contribution in [-0.4, -0.2) is 19.8 Å². The van der Waals surface area contributed by atoms with Gasteiger partial charge in [-0.3, -0.25) is 0 Å². The third-order valence-corrected chi connectivity index (χ3v) is 2.94. The molecule has 1 aliphatic heterocycles. The van der Waals surface area contributed by atoms with E-state index in [9.17, 15) is 0 Å². The molecule has 0 amide bonds. The monoisotopic (exact) mass is 245 g/mol. The highest BCUT2D eigenvalue weighted by molar-refractivity contribution is 5.44. The molecule has 0 spiro atoms. The molecule has 2 rings (SSSR count). The van der Waals surface area contributed by atoms with Crippen LogP contribution in [0.25, 0.3) is 0 Å². The van der Waals surface area contributed by atoms with Gasteiger partial charge in [0.1, 0.15) is 13.2 Å².